The molecular formula is C33H39FN6O4S. The number of amides is 1. The number of anilines is 2. The van der Waals surface area contributed by atoms with E-state index in [1.807, 2.05) is 20.2 Å². The number of fused-ring (bicyclic) bond motifs is 3. The molecule has 4 aliphatic rings. The van der Waals surface area contributed by atoms with Gasteiger partial charge in [0, 0.05) is 62.0 Å². The number of thiophene rings is 1. The third-order valence-electron chi connectivity index (χ3n) is 9.66. The van der Waals surface area contributed by atoms with E-state index in [9.17, 15) is 14.7 Å². The summed E-state index contributed by atoms with van der Waals surface area (Å²) in [6.45, 7) is 2.22. The van der Waals surface area contributed by atoms with Crippen LogP contribution in [0.3, 0.4) is 0 Å². The van der Waals surface area contributed by atoms with Crippen molar-refractivity contribution in [2.45, 2.75) is 56.8 Å². The van der Waals surface area contributed by atoms with Crippen molar-refractivity contribution in [2.24, 2.45) is 14.1 Å². The summed E-state index contributed by atoms with van der Waals surface area (Å²) in [6, 6.07) is 3.79. The largest absolute Gasteiger partial charge is 0.392 e. The van der Waals surface area contributed by atoms with Crippen LogP contribution >= 0.6 is 11.3 Å². The molecule has 3 aromatic heterocycles. The van der Waals surface area contributed by atoms with Gasteiger partial charge in [-0.25, -0.2) is 4.39 Å². The summed E-state index contributed by atoms with van der Waals surface area (Å²) in [5.41, 5.74) is 2.54. The summed E-state index contributed by atoms with van der Waals surface area (Å²) in [5, 5.41) is 17.9. The second kappa shape index (κ2) is 11.7. The normalized spacial score (nSPS) is 21.7. The molecule has 1 atom stereocenters. The van der Waals surface area contributed by atoms with E-state index in [4.69, 9.17) is 4.74 Å². The van der Waals surface area contributed by atoms with Crippen LogP contribution < -0.4 is 10.9 Å². The molecule has 0 saturated carbocycles. The fourth-order valence-electron chi connectivity index (χ4n) is 6.83. The van der Waals surface area contributed by atoms with E-state index in [1.54, 1.807) is 34.0 Å². The summed E-state index contributed by atoms with van der Waals surface area (Å²) < 4.78 is 25.5. The number of hydrogen-bond acceptors (Lipinski definition) is 8. The maximum atomic E-state index is 17.1. The van der Waals surface area contributed by atoms with Crippen molar-refractivity contribution < 1.29 is 19.0 Å². The van der Waals surface area contributed by atoms with Crippen molar-refractivity contribution in [1.29, 1.82) is 0 Å². The summed E-state index contributed by atoms with van der Waals surface area (Å²) >= 11 is 1.58. The Labute approximate surface area is 265 Å². The average Bonchev–Trinajstić information content (AvgIpc) is 3.54. The molecule has 0 spiro atoms. The molecule has 1 unspecified atom stereocenters. The molecule has 2 N–H and O–H groups in total. The van der Waals surface area contributed by atoms with Crippen LogP contribution in [0.1, 0.15) is 56.2 Å². The molecule has 2 aliphatic carbocycles. The Morgan fingerprint density at radius 2 is 1.98 bits per heavy atom. The zero-order valence-electron chi connectivity index (χ0n) is 25.9. The monoisotopic (exact) mass is 634 g/mol. The Hall–Kier alpha value is -3.58. The maximum Gasteiger partial charge on any atom is 0.274 e. The minimum atomic E-state index is -2.01. The first-order valence-corrected chi connectivity index (χ1v) is 16.4. The first kappa shape index (κ1) is 30.1. The number of allylic oxidation sites excluding steroid dienone is 2. The Balaban J connectivity index is 1.18. The van der Waals surface area contributed by atoms with Gasteiger partial charge < -0.3 is 24.6 Å². The van der Waals surface area contributed by atoms with Crippen LogP contribution in [0.15, 0.2) is 46.5 Å². The Morgan fingerprint density at radius 3 is 2.73 bits per heavy atom. The lowest BCUT2D eigenvalue weighted by Crippen LogP contribution is -2.46. The van der Waals surface area contributed by atoms with E-state index in [2.05, 4.69) is 15.3 Å². The van der Waals surface area contributed by atoms with E-state index in [-0.39, 0.29) is 35.7 Å². The van der Waals surface area contributed by atoms with Crippen LogP contribution in [-0.4, -0.2) is 74.6 Å². The summed E-state index contributed by atoms with van der Waals surface area (Å²) in [6.07, 6.45) is 9.62. The number of hydrogen-bond donors (Lipinski definition) is 2. The number of alkyl halides is 1. The molecule has 1 amide bonds. The van der Waals surface area contributed by atoms with E-state index >= 15 is 4.39 Å². The molecule has 45 heavy (non-hydrogen) atoms. The van der Waals surface area contributed by atoms with Crippen molar-refractivity contribution in [2.75, 3.05) is 38.7 Å². The van der Waals surface area contributed by atoms with E-state index in [0.29, 0.717) is 55.9 Å². The van der Waals surface area contributed by atoms with E-state index in [0.717, 1.165) is 41.8 Å². The minimum absolute atomic E-state index is 0.0322. The van der Waals surface area contributed by atoms with Gasteiger partial charge in [0.25, 0.3) is 11.5 Å². The Kier molecular flexibility index (Phi) is 7.79. The van der Waals surface area contributed by atoms with Gasteiger partial charge in [-0.1, -0.05) is 6.08 Å². The van der Waals surface area contributed by atoms with Crippen molar-refractivity contribution in [3.8, 4) is 0 Å². The number of ether oxygens (including phenoxy) is 1. The van der Waals surface area contributed by atoms with Crippen molar-refractivity contribution in [3.05, 3.63) is 84.2 Å². The number of rotatable bonds is 8. The Morgan fingerprint density at radius 1 is 1.18 bits per heavy atom. The predicted molar refractivity (Wildman–Crippen MR) is 171 cm³/mol. The van der Waals surface area contributed by atoms with Gasteiger partial charge in [0.2, 0.25) is 0 Å². The molecule has 10 nitrogen and oxygen atoms in total. The maximum absolute atomic E-state index is 17.1. The van der Waals surface area contributed by atoms with Gasteiger partial charge in [0.15, 0.2) is 11.5 Å². The van der Waals surface area contributed by atoms with Crippen molar-refractivity contribution in [1.82, 2.24) is 24.1 Å². The summed E-state index contributed by atoms with van der Waals surface area (Å²) in [4.78, 5) is 32.9. The van der Waals surface area contributed by atoms with Gasteiger partial charge in [-0.15, -0.1) is 11.3 Å². The number of aliphatic hydroxyl groups excluding tert-OH is 1. The zero-order valence-corrected chi connectivity index (χ0v) is 26.8. The smallest absolute Gasteiger partial charge is 0.274 e. The molecule has 238 valence electrons. The van der Waals surface area contributed by atoms with Crippen LogP contribution in [0, 0.1) is 0 Å². The molecule has 1 fully saturated rings. The number of nitrogens with zero attached hydrogens (tertiary/aromatic N) is 5. The molecule has 0 aromatic carbocycles. The number of carbonyl (C=O) groups excluding carboxylic acids is 1. The van der Waals surface area contributed by atoms with Crippen LogP contribution in [0.25, 0.3) is 0 Å². The fourth-order valence-corrected chi connectivity index (χ4v) is 8.22. The lowest BCUT2D eigenvalue weighted by molar-refractivity contribution is -0.0592. The van der Waals surface area contributed by atoms with Crippen LogP contribution in [-0.2, 0) is 50.3 Å². The van der Waals surface area contributed by atoms with Gasteiger partial charge in [-0.3, -0.25) is 19.2 Å². The van der Waals surface area contributed by atoms with Crippen LogP contribution in [0.4, 0.5) is 15.9 Å². The molecule has 3 aromatic rings. The molecule has 0 bridgehead atoms. The quantitative estimate of drug-likeness (QED) is 0.390. The summed E-state index contributed by atoms with van der Waals surface area (Å²) in [7, 11) is 5.49. The van der Waals surface area contributed by atoms with Gasteiger partial charge in [0.1, 0.15) is 5.69 Å². The highest BCUT2D eigenvalue weighted by molar-refractivity contribution is 7.14. The summed E-state index contributed by atoms with van der Waals surface area (Å²) in [5.74, 6) is 0.360. The number of likely N-dealkylation sites (N-methyl/N-ethyl adjacent to an activating group) is 1. The second-order valence-electron chi connectivity index (χ2n) is 12.6. The minimum Gasteiger partial charge on any atom is -0.392 e. The topological polar surface area (TPSA) is 105 Å². The third kappa shape index (κ3) is 5.37. The highest BCUT2D eigenvalue weighted by atomic mass is 32.1. The molecule has 0 radical (unpaired) electrons. The van der Waals surface area contributed by atoms with Gasteiger partial charge in [-0.2, -0.15) is 5.10 Å². The van der Waals surface area contributed by atoms with Gasteiger partial charge >= 0.3 is 0 Å². The van der Waals surface area contributed by atoms with Gasteiger partial charge in [-0.05, 0) is 68.0 Å². The first-order valence-electron chi connectivity index (χ1n) is 15.6. The highest BCUT2D eigenvalue weighted by Gasteiger charge is 2.39. The van der Waals surface area contributed by atoms with Gasteiger partial charge in [0.05, 0.1) is 36.4 Å². The van der Waals surface area contributed by atoms with E-state index < -0.39 is 5.67 Å². The number of carbonyl (C=O) groups is 1. The molecule has 2 aliphatic heterocycles. The molecule has 5 heterocycles. The SMILES string of the molecule is CN(Cc1cc(Nc2cc(C3(F)C=C(N4CCc5c(sc6c5CCCC6)C4=O)C(CO)=CC3)cn(C)c2=O)nn1C)C1COC1. The van der Waals surface area contributed by atoms with Crippen LogP contribution in [0.2, 0.25) is 0 Å². The number of aliphatic hydroxyl groups is 1. The Bertz CT molecular complexity index is 1790. The molecule has 7 rings (SSSR count). The fraction of sp³-hybridized carbons (Fsp3) is 0.485. The van der Waals surface area contributed by atoms with Crippen LogP contribution in [0.5, 0.6) is 0 Å². The predicted octanol–water partition coefficient (Wildman–Crippen LogP) is 3.70. The van der Waals surface area contributed by atoms with Crippen molar-refractivity contribution in [3.63, 3.8) is 0 Å². The number of nitrogens with one attached hydrogen (secondary N) is 1. The third-order valence-corrected chi connectivity index (χ3v) is 11.0. The van der Waals surface area contributed by atoms with Crippen molar-refractivity contribution >= 4 is 28.7 Å². The number of halogens is 1. The first-order chi connectivity index (χ1) is 21.6. The average molecular weight is 635 g/mol. The highest BCUT2D eigenvalue weighted by Crippen LogP contribution is 2.43. The molecular weight excluding hydrogens is 595 g/mol. The standard InChI is InChI=1S/C33H39FN6O4S/c1-37(23-18-44-19-23)16-22-13-29(36-39(22)3)35-26-12-21(15-38(2)31(26)42)33(34)10-8-20(17-41)27(14-33)40-11-9-25-24-6-4-5-7-28(24)45-30(25)32(40)43/h8,12-15,23,41H,4-7,9-11,16-19H2,1-3H3,(H,35,36). The number of pyridine rings is 1. The lowest BCUT2D eigenvalue weighted by Gasteiger charge is -2.35. The molecule has 12 heteroatoms. The zero-order chi connectivity index (χ0) is 31.5. The second-order valence-corrected chi connectivity index (χ2v) is 13.7. The number of aryl methyl sites for hydroxylation is 3. The number of aromatic nitrogens is 3. The lowest BCUT2D eigenvalue weighted by atomic mass is 9.85. The van der Waals surface area contributed by atoms with E-state index in [1.165, 1.54) is 33.3 Å². The molecule has 1 saturated heterocycles.